The number of alkyl halides is 1. The number of amides is 1. The Morgan fingerprint density at radius 1 is 1.07 bits per heavy atom. The van der Waals surface area contributed by atoms with Crippen LogP contribution in [0.1, 0.15) is 93.8 Å². The largest absolute Gasteiger partial charge is 0.488 e. The molecule has 3 fully saturated rings. The second kappa shape index (κ2) is 13.2. The Bertz CT molecular complexity index is 1200. The number of hydrogen-bond donors (Lipinski definition) is 3. The van der Waals surface area contributed by atoms with Crippen molar-refractivity contribution in [1.82, 2.24) is 19.7 Å². The van der Waals surface area contributed by atoms with Gasteiger partial charge in [-0.05, 0) is 25.7 Å². The molecule has 6 rings (SSSR count). The van der Waals surface area contributed by atoms with Crippen LogP contribution in [-0.2, 0) is 10.3 Å². The molecule has 2 aromatic heterocycles. The summed E-state index contributed by atoms with van der Waals surface area (Å²) in [5.41, 5.74) is 6.34. The lowest BCUT2D eigenvalue weighted by atomic mass is 9.80. The number of anilines is 3. The summed E-state index contributed by atoms with van der Waals surface area (Å²) in [5, 5.41) is 10.8. The van der Waals surface area contributed by atoms with E-state index in [2.05, 4.69) is 25.6 Å². The number of aromatic nitrogens is 3. The van der Waals surface area contributed by atoms with Gasteiger partial charge < -0.3 is 25.8 Å². The van der Waals surface area contributed by atoms with E-state index in [1.165, 1.54) is 32.1 Å². The quantitative estimate of drug-likeness (QED) is 0.444. The summed E-state index contributed by atoms with van der Waals surface area (Å²) in [6, 6.07) is 2.31. The molecular formula is C31H46FN7O3. The van der Waals surface area contributed by atoms with Crippen molar-refractivity contribution in [1.29, 1.82) is 0 Å². The minimum absolute atomic E-state index is 0.0541. The van der Waals surface area contributed by atoms with Gasteiger partial charge >= 0.3 is 0 Å². The smallest absolute Gasteiger partial charge is 0.263 e. The summed E-state index contributed by atoms with van der Waals surface area (Å²) < 4.78 is 29.3. The zero-order valence-electron chi connectivity index (χ0n) is 24.7. The molecule has 1 spiro atoms. The first-order valence-corrected chi connectivity index (χ1v) is 16.1. The first kappa shape index (κ1) is 29.2. The van der Waals surface area contributed by atoms with Crippen molar-refractivity contribution < 1.29 is 18.7 Å². The lowest BCUT2D eigenvalue weighted by Gasteiger charge is -2.42. The van der Waals surface area contributed by atoms with E-state index in [0.717, 1.165) is 64.8 Å². The Labute approximate surface area is 247 Å². The van der Waals surface area contributed by atoms with E-state index in [1.54, 1.807) is 23.1 Å². The third-order valence-corrected chi connectivity index (χ3v) is 9.75. The highest BCUT2D eigenvalue weighted by molar-refractivity contribution is 6.11. The molecule has 1 aliphatic carbocycles. The van der Waals surface area contributed by atoms with Gasteiger partial charge in [0, 0.05) is 31.9 Å². The van der Waals surface area contributed by atoms with Gasteiger partial charge in [0.2, 0.25) is 0 Å². The van der Waals surface area contributed by atoms with Gasteiger partial charge in [0.25, 0.3) is 5.91 Å². The van der Waals surface area contributed by atoms with Crippen LogP contribution in [0, 0.1) is 0 Å². The number of fused-ring (bicyclic) bond motifs is 2. The molecule has 3 aliphatic heterocycles. The van der Waals surface area contributed by atoms with Crippen molar-refractivity contribution in [3.8, 4) is 5.75 Å². The topological polar surface area (TPSA) is 120 Å². The summed E-state index contributed by atoms with van der Waals surface area (Å²) >= 11 is 0. The number of nitrogens with zero attached hydrogens (tertiary/aromatic N) is 4. The minimum Gasteiger partial charge on any atom is -0.488 e. The maximum Gasteiger partial charge on any atom is 0.263 e. The molecule has 0 bridgehead atoms. The summed E-state index contributed by atoms with van der Waals surface area (Å²) in [7, 11) is 0. The number of carbonyl (C=O) groups excluding carboxylic acids is 1. The first-order valence-electron chi connectivity index (χ1n) is 16.1. The fourth-order valence-electron chi connectivity index (χ4n) is 7.14. The van der Waals surface area contributed by atoms with E-state index >= 15 is 4.39 Å². The molecule has 0 aromatic carbocycles. The molecule has 2 saturated heterocycles. The molecule has 4 N–H and O–H groups in total. The van der Waals surface area contributed by atoms with Crippen molar-refractivity contribution in [3.05, 3.63) is 24.0 Å². The minimum atomic E-state index is -1.11. The molecule has 1 atom stereocenters. The summed E-state index contributed by atoms with van der Waals surface area (Å²) in [6.07, 6.45) is 15.6. The van der Waals surface area contributed by atoms with Gasteiger partial charge in [0.1, 0.15) is 35.1 Å². The van der Waals surface area contributed by atoms with E-state index in [4.69, 9.17) is 15.2 Å². The number of nitrogen functional groups attached to an aromatic ring is 1. The number of nitrogens with one attached hydrogen (secondary N) is 2. The van der Waals surface area contributed by atoms with Gasteiger partial charge in [-0.25, -0.2) is 9.07 Å². The fraction of sp³-hybridized carbons (Fsp3) is 0.710. The number of rotatable bonds is 5. The van der Waals surface area contributed by atoms with Gasteiger partial charge in [-0.3, -0.25) is 14.7 Å². The SMILES string of the molecule is Nc1nn2c(c1C(=O)Nc1cnccc1OC1CCN(C3COC3)CC1)NCC(F)C21CCCCCCCCCCC1. The molecular weight excluding hydrogens is 537 g/mol. The zero-order valence-corrected chi connectivity index (χ0v) is 24.7. The highest BCUT2D eigenvalue weighted by atomic mass is 19.1. The molecule has 230 valence electrons. The molecule has 1 saturated carbocycles. The van der Waals surface area contributed by atoms with E-state index < -0.39 is 17.6 Å². The van der Waals surface area contributed by atoms with Crippen molar-refractivity contribution in [2.75, 3.05) is 49.2 Å². The van der Waals surface area contributed by atoms with Crippen molar-refractivity contribution in [2.45, 2.75) is 107 Å². The lowest BCUT2D eigenvalue weighted by Crippen LogP contribution is -2.52. The Kier molecular flexibility index (Phi) is 9.14. The second-order valence-corrected chi connectivity index (χ2v) is 12.5. The standard InChI is InChI=1S/C31H46FN7O3/c32-26-19-35-29-27(28(33)37-39(29)31(26)13-8-6-4-2-1-3-5-7-9-14-31)30(40)36-24-18-34-15-10-25(24)42-23-11-16-38(17-12-23)22-20-41-21-22/h10,15,18,22-23,26,35H,1-9,11-14,16-17,19-21H2,(H2,33,37)(H,36,40). The van der Waals surface area contributed by atoms with Gasteiger partial charge in [0.15, 0.2) is 5.82 Å². The van der Waals surface area contributed by atoms with E-state index in [0.29, 0.717) is 36.1 Å². The van der Waals surface area contributed by atoms with Crippen LogP contribution in [0.15, 0.2) is 18.5 Å². The molecule has 4 aliphatic rings. The van der Waals surface area contributed by atoms with E-state index in [9.17, 15) is 4.79 Å². The van der Waals surface area contributed by atoms with Crippen LogP contribution in [0.25, 0.3) is 0 Å². The molecule has 1 unspecified atom stereocenters. The Balaban J connectivity index is 1.19. The molecule has 10 nitrogen and oxygen atoms in total. The number of halogens is 1. The number of pyridine rings is 1. The molecule has 5 heterocycles. The molecule has 42 heavy (non-hydrogen) atoms. The Hall–Kier alpha value is -2.92. The fourth-order valence-corrected chi connectivity index (χ4v) is 7.14. The number of carbonyl (C=O) groups is 1. The predicted octanol–water partition coefficient (Wildman–Crippen LogP) is 5.12. The van der Waals surface area contributed by atoms with Crippen molar-refractivity contribution in [3.63, 3.8) is 0 Å². The van der Waals surface area contributed by atoms with Crippen LogP contribution >= 0.6 is 0 Å². The predicted molar refractivity (Wildman–Crippen MR) is 161 cm³/mol. The van der Waals surface area contributed by atoms with Gasteiger partial charge in [0.05, 0.1) is 31.0 Å². The number of ether oxygens (including phenoxy) is 2. The van der Waals surface area contributed by atoms with Crippen LogP contribution in [0.3, 0.4) is 0 Å². The molecule has 0 radical (unpaired) electrons. The highest BCUT2D eigenvalue weighted by Crippen LogP contribution is 2.43. The summed E-state index contributed by atoms with van der Waals surface area (Å²) in [6.45, 7) is 3.70. The first-order chi connectivity index (χ1) is 20.5. The highest BCUT2D eigenvalue weighted by Gasteiger charge is 2.47. The number of hydrogen-bond acceptors (Lipinski definition) is 8. The third-order valence-electron chi connectivity index (χ3n) is 9.75. The monoisotopic (exact) mass is 583 g/mol. The van der Waals surface area contributed by atoms with Crippen molar-refractivity contribution >= 4 is 23.2 Å². The third kappa shape index (κ3) is 6.08. The molecule has 2 aromatic rings. The average Bonchev–Trinajstić information content (AvgIpc) is 3.30. The van der Waals surface area contributed by atoms with Crippen LogP contribution in [0.5, 0.6) is 5.75 Å². The normalized spacial score (nSPS) is 24.5. The van der Waals surface area contributed by atoms with Crippen LogP contribution in [-0.4, -0.2) is 76.7 Å². The summed E-state index contributed by atoms with van der Waals surface area (Å²) in [4.78, 5) is 20.4. The molecule has 1 amide bonds. The Morgan fingerprint density at radius 3 is 2.38 bits per heavy atom. The van der Waals surface area contributed by atoms with Crippen LogP contribution in [0.4, 0.5) is 21.7 Å². The van der Waals surface area contributed by atoms with Crippen LogP contribution < -0.4 is 21.1 Å². The number of nitrogens with two attached hydrogens (primary N) is 1. The van der Waals surface area contributed by atoms with Gasteiger partial charge in [-0.2, -0.15) is 5.10 Å². The molecule has 11 heteroatoms. The summed E-state index contributed by atoms with van der Waals surface area (Å²) in [5.74, 6) is 0.786. The van der Waals surface area contributed by atoms with Crippen LogP contribution in [0.2, 0.25) is 0 Å². The van der Waals surface area contributed by atoms with E-state index in [-0.39, 0.29) is 24.0 Å². The average molecular weight is 584 g/mol. The van der Waals surface area contributed by atoms with Gasteiger partial charge in [-0.15, -0.1) is 0 Å². The van der Waals surface area contributed by atoms with Gasteiger partial charge in [-0.1, -0.05) is 57.8 Å². The number of likely N-dealkylation sites (tertiary alicyclic amines) is 1. The maximum atomic E-state index is 15.9. The Morgan fingerprint density at radius 2 is 1.74 bits per heavy atom. The number of piperidine rings is 1. The lowest BCUT2D eigenvalue weighted by molar-refractivity contribution is -0.0777. The van der Waals surface area contributed by atoms with E-state index in [1.807, 2.05) is 0 Å². The zero-order chi connectivity index (χ0) is 28.9. The second-order valence-electron chi connectivity index (χ2n) is 12.5. The van der Waals surface area contributed by atoms with Crippen molar-refractivity contribution in [2.24, 2.45) is 0 Å². The maximum absolute atomic E-state index is 15.9.